The molecule has 1 fully saturated rings. The van der Waals surface area contributed by atoms with Gasteiger partial charge in [-0.2, -0.15) is 0 Å². The quantitative estimate of drug-likeness (QED) is 0.404. The Balaban J connectivity index is 1.43. The fourth-order valence-corrected chi connectivity index (χ4v) is 4.87. The summed E-state index contributed by atoms with van der Waals surface area (Å²) in [6.07, 6.45) is 0. The normalized spacial score (nSPS) is 14.5. The Labute approximate surface area is 212 Å². The number of anilines is 1. The predicted molar refractivity (Wildman–Crippen MR) is 140 cm³/mol. The van der Waals surface area contributed by atoms with Crippen molar-refractivity contribution in [3.8, 4) is 0 Å². The Bertz CT molecular complexity index is 1550. The Morgan fingerprint density at radius 3 is 2.50 bits per heavy atom. The molecule has 0 atom stereocenters. The fraction of sp³-hybridized carbons (Fsp3) is 0.308. The molecule has 3 heterocycles. The third-order valence-electron chi connectivity index (χ3n) is 6.73. The summed E-state index contributed by atoms with van der Waals surface area (Å²) in [6, 6.07) is 14.9. The number of nitrogens with zero attached hydrogens (tertiary/aromatic N) is 5. The van der Waals surface area contributed by atoms with Crippen LogP contribution >= 0.6 is 11.6 Å². The minimum absolute atomic E-state index is 0.0429. The van der Waals surface area contributed by atoms with Crippen LogP contribution < -0.4 is 16.1 Å². The van der Waals surface area contributed by atoms with Gasteiger partial charge in [-0.15, -0.1) is 0 Å². The van der Waals surface area contributed by atoms with Crippen LogP contribution in [0.2, 0.25) is 5.02 Å². The van der Waals surface area contributed by atoms with Crippen LogP contribution in [0, 0.1) is 6.92 Å². The smallest absolute Gasteiger partial charge is 0.329 e. The number of aromatic amines is 1. The van der Waals surface area contributed by atoms with E-state index in [1.807, 2.05) is 24.3 Å². The molecule has 4 aromatic rings. The molecule has 0 unspecified atom stereocenters. The molecule has 1 N–H and O–H groups in total. The number of piperazine rings is 1. The van der Waals surface area contributed by atoms with Crippen molar-refractivity contribution in [2.45, 2.75) is 20.0 Å². The molecule has 0 amide bonds. The summed E-state index contributed by atoms with van der Waals surface area (Å²) in [5.74, 6) is 0.444. The van der Waals surface area contributed by atoms with Crippen LogP contribution in [0.5, 0.6) is 0 Å². The standard InChI is InChI=1S/C26H27ClN6O3/c1-17-8-9-19(27)14-20(17)32-12-10-31(11-13-32)16-22-28-24-23(25(35)29-26(36)30(24)2)33(22)15-21(34)18-6-4-3-5-7-18/h3-9,14H,10-13,15-16H2,1-2H3,(H,29,35,36). The largest absolute Gasteiger partial charge is 0.369 e. The van der Waals surface area contributed by atoms with E-state index in [0.29, 0.717) is 23.0 Å². The van der Waals surface area contributed by atoms with Gasteiger partial charge in [-0.05, 0) is 24.6 Å². The molecule has 5 rings (SSSR count). The third-order valence-corrected chi connectivity index (χ3v) is 6.97. The molecule has 0 bridgehead atoms. The highest BCUT2D eigenvalue weighted by Crippen LogP contribution is 2.26. The predicted octanol–water partition coefficient (Wildman–Crippen LogP) is 2.59. The van der Waals surface area contributed by atoms with Crippen LogP contribution in [-0.4, -0.2) is 56.0 Å². The van der Waals surface area contributed by atoms with Gasteiger partial charge in [0.2, 0.25) is 0 Å². The molecule has 10 heteroatoms. The zero-order chi connectivity index (χ0) is 25.4. The molecule has 0 saturated carbocycles. The number of hydrogen-bond acceptors (Lipinski definition) is 6. The highest BCUT2D eigenvalue weighted by atomic mass is 35.5. The van der Waals surface area contributed by atoms with Crippen molar-refractivity contribution in [2.24, 2.45) is 7.05 Å². The first kappa shape index (κ1) is 24.0. The number of halogens is 1. The number of aryl methyl sites for hydroxylation is 2. The maximum atomic E-state index is 13.1. The molecule has 36 heavy (non-hydrogen) atoms. The number of carbonyl (C=O) groups excluding carboxylic acids is 1. The summed E-state index contributed by atoms with van der Waals surface area (Å²) >= 11 is 6.22. The van der Waals surface area contributed by atoms with Crippen molar-refractivity contribution in [3.05, 3.63) is 91.3 Å². The number of imidazole rings is 1. The maximum absolute atomic E-state index is 13.1. The maximum Gasteiger partial charge on any atom is 0.329 e. The lowest BCUT2D eigenvalue weighted by atomic mass is 10.1. The van der Waals surface area contributed by atoms with Crippen LogP contribution in [0.15, 0.2) is 58.1 Å². The molecule has 0 aliphatic carbocycles. The Kier molecular flexibility index (Phi) is 6.51. The van der Waals surface area contributed by atoms with Gasteiger partial charge >= 0.3 is 5.69 Å². The number of H-pyrrole nitrogens is 1. The SMILES string of the molecule is Cc1ccc(Cl)cc1N1CCN(Cc2nc3c(c(=O)[nH]c(=O)n3C)n2CC(=O)c2ccccc2)CC1. The Hall–Kier alpha value is -3.69. The first-order chi connectivity index (χ1) is 17.3. The van der Waals surface area contributed by atoms with Gasteiger partial charge in [0.1, 0.15) is 5.82 Å². The second-order valence-corrected chi connectivity index (χ2v) is 9.52. The zero-order valence-electron chi connectivity index (χ0n) is 20.2. The van der Waals surface area contributed by atoms with Gasteiger partial charge in [-0.1, -0.05) is 48.0 Å². The monoisotopic (exact) mass is 506 g/mol. The van der Waals surface area contributed by atoms with Crippen LogP contribution in [0.3, 0.4) is 0 Å². The molecule has 1 saturated heterocycles. The molecule has 1 aliphatic heterocycles. The lowest BCUT2D eigenvalue weighted by Gasteiger charge is -2.36. The van der Waals surface area contributed by atoms with Crippen LogP contribution in [0.1, 0.15) is 21.7 Å². The number of carbonyl (C=O) groups is 1. The van der Waals surface area contributed by atoms with Gasteiger partial charge in [-0.25, -0.2) is 9.78 Å². The van der Waals surface area contributed by atoms with Crippen molar-refractivity contribution in [3.63, 3.8) is 0 Å². The molecule has 0 radical (unpaired) electrons. The van der Waals surface area contributed by atoms with E-state index in [1.165, 1.54) is 10.1 Å². The number of fused-ring (bicyclic) bond motifs is 1. The third kappa shape index (κ3) is 4.59. The van der Waals surface area contributed by atoms with Gasteiger partial charge in [0, 0.05) is 49.5 Å². The summed E-state index contributed by atoms with van der Waals surface area (Å²) < 4.78 is 2.96. The first-order valence-electron chi connectivity index (χ1n) is 11.8. The molecule has 2 aromatic carbocycles. The molecular formula is C26H27ClN6O3. The number of hydrogen-bond donors (Lipinski definition) is 1. The summed E-state index contributed by atoms with van der Waals surface area (Å²) in [5, 5.41) is 0.714. The van der Waals surface area contributed by atoms with E-state index in [1.54, 1.807) is 35.9 Å². The highest BCUT2D eigenvalue weighted by Gasteiger charge is 2.24. The second kappa shape index (κ2) is 9.75. The Morgan fingerprint density at radius 2 is 1.78 bits per heavy atom. The topological polar surface area (TPSA) is 96.2 Å². The van der Waals surface area contributed by atoms with Crippen LogP contribution in [-0.2, 0) is 20.1 Å². The number of rotatable bonds is 6. The van der Waals surface area contributed by atoms with Gasteiger partial charge in [-0.3, -0.25) is 24.0 Å². The van der Waals surface area contributed by atoms with Gasteiger partial charge in [0.25, 0.3) is 5.56 Å². The van der Waals surface area contributed by atoms with Crippen molar-refractivity contribution >= 4 is 34.2 Å². The van der Waals surface area contributed by atoms with E-state index in [2.05, 4.69) is 26.7 Å². The van der Waals surface area contributed by atoms with E-state index in [9.17, 15) is 14.4 Å². The van der Waals surface area contributed by atoms with Gasteiger partial charge < -0.3 is 9.47 Å². The first-order valence-corrected chi connectivity index (χ1v) is 12.2. The average Bonchev–Trinajstić information content (AvgIpc) is 3.23. The minimum atomic E-state index is -0.547. The fourth-order valence-electron chi connectivity index (χ4n) is 4.70. The number of nitrogens with one attached hydrogen (secondary N) is 1. The van der Waals surface area contributed by atoms with Crippen LogP contribution in [0.4, 0.5) is 5.69 Å². The zero-order valence-corrected chi connectivity index (χ0v) is 21.0. The van der Waals surface area contributed by atoms with E-state index in [-0.39, 0.29) is 23.5 Å². The van der Waals surface area contributed by atoms with E-state index < -0.39 is 11.2 Å². The molecule has 9 nitrogen and oxygen atoms in total. The summed E-state index contributed by atoms with van der Waals surface area (Å²) in [5.41, 5.74) is 2.27. The summed E-state index contributed by atoms with van der Waals surface area (Å²) in [6.45, 7) is 5.65. The summed E-state index contributed by atoms with van der Waals surface area (Å²) in [7, 11) is 1.56. The van der Waals surface area contributed by atoms with Crippen molar-refractivity contribution < 1.29 is 4.79 Å². The number of benzene rings is 2. The van der Waals surface area contributed by atoms with E-state index >= 15 is 0 Å². The lowest BCUT2D eigenvalue weighted by molar-refractivity contribution is 0.0971. The Morgan fingerprint density at radius 1 is 1.06 bits per heavy atom. The summed E-state index contributed by atoms with van der Waals surface area (Å²) in [4.78, 5) is 49.6. The van der Waals surface area contributed by atoms with E-state index in [0.717, 1.165) is 31.9 Å². The average molecular weight is 507 g/mol. The van der Waals surface area contributed by atoms with E-state index in [4.69, 9.17) is 11.6 Å². The number of aromatic nitrogens is 4. The number of Topliss-reactive ketones (excluding diaryl/α,β-unsaturated/α-hetero) is 1. The van der Waals surface area contributed by atoms with Gasteiger partial charge in [0.05, 0.1) is 13.1 Å². The molecule has 1 aliphatic rings. The molecule has 0 spiro atoms. The highest BCUT2D eigenvalue weighted by molar-refractivity contribution is 6.30. The second-order valence-electron chi connectivity index (χ2n) is 9.09. The van der Waals surface area contributed by atoms with Crippen molar-refractivity contribution in [1.29, 1.82) is 0 Å². The van der Waals surface area contributed by atoms with Crippen LogP contribution in [0.25, 0.3) is 11.2 Å². The lowest BCUT2D eigenvalue weighted by Crippen LogP contribution is -2.46. The van der Waals surface area contributed by atoms with Crippen molar-refractivity contribution in [2.75, 3.05) is 31.1 Å². The molecule has 186 valence electrons. The number of ketones is 1. The van der Waals surface area contributed by atoms with Crippen molar-refractivity contribution in [1.82, 2.24) is 24.0 Å². The molecular weight excluding hydrogens is 480 g/mol. The van der Waals surface area contributed by atoms with Gasteiger partial charge in [0.15, 0.2) is 16.9 Å². The minimum Gasteiger partial charge on any atom is -0.369 e. The molecule has 2 aromatic heterocycles.